The van der Waals surface area contributed by atoms with Crippen LogP contribution in [-0.4, -0.2) is 22.6 Å². The van der Waals surface area contributed by atoms with Crippen LogP contribution in [0.1, 0.15) is 50.5 Å². The van der Waals surface area contributed by atoms with E-state index in [0.29, 0.717) is 23.4 Å². The van der Waals surface area contributed by atoms with E-state index in [2.05, 4.69) is 16.0 Å². The average Bonchev–Trinajstić information content (AvgIpc) is 3.66. The number of fused-ring (bicyclic) bond motifs is 1. The fraction of sp³-hybridized carbons (Fsp3) is 0.355. The second-order valence-electron chi connectivity index (χ2n) is 11.3. The van der Waals surface area contributed by atoms with E-state index in [0.717, 1.165) is 50.3 Å². The van der Waals surface area contributed by atoms with Gasteiger partial charge in [-0.25, -0.2) is 18.0 Å². The molecule has 42 heavy (non-hydrogen) atoms. The van der Waals surface area contributed by atoms with Crippen LogP contribution >= 0.6 is 11.6 Å². The molecule has 0 bridgehead atoms. The molecule has 3 aromatic rings. The van der Waals surface area contributed by atoms with Gasteiger partial charge < -0.3 is 25.8 Å². The summed E-state index contributed by atoms with van der Waals surface area (Å²) in [5.74, 6) is -5.43. The predicted octanol–water partition coefficient (Wildman–Crippen LogP) is 7.28. The van der Waals surface area contributed by atoms with Crippen LogP contribution in [-0.2, 0) is 15.3 Å². The maximum absolute atomic E-state index is 15.3. The first kappa shape index (κ1) is 28.2. The minimum atomic E-state index is -1.35. The highest BCUT2D eigenvalue weighted by atomic mass is 35.5. The fourth-order valence-corrected chi connectivity index (χ4v) is 6.33. The van der Waals surface area contributed by atoms with E-state index in [1.807, 2.05) is 0 Å². The van der Waals surface area contributed by atoms with Gasteiger partial charge in [0.1, 0.15) is 17.2 Å². The van der Waals surface area contributed by atoms with Crippen LogP contribution in [0.25, 0.3) is 0 Å². The number of hydrogen-bond acceptors (Lipinski definition) is 5. The number of amides is 1. The number of carbonyl (C=O) groups is 2. The number of carboxylic acid groups (broad SMARTS) is 1. The van der Waals surface area contributed by atoms with Crippen molar-refractivity contribution in [2.75, 3.05) is 16.0 Å². The van der Waals surface area contributed by atoms with Gasteiger partial charge >= 0.3 is 5.97 Å². The van der Waals surface area contributed by atoms with Crippen molar-refractivity contribution in [1.82, 2.24) is 0 Å². The van der Waals surface area contributed by atoms with Crippen LogP contribution in [0.3, 0.4) is 0 Å². The minimum Gasteiger partial charge on any atom is -0.478 e. The molecule has 1 amide bonds. The van der Waals surface area contributed by atoms with Crippen molar-refractivity contribution in [2.24, 2.45) is 11.8 Å². The summed E-state index contributed by atoms with van der Waals surface area (Å²) in [6.45, 7) is 0. The Morgan fingerprint density at radius 2 is 1.52 bits per heavy atom. The van der Waals surface area contributed by atoms with Gasteiger partial charge in [-0.2, -0.15) is 0 Å². The van der Waals surface area contributed by atoms with Crippen LogP contribution in [0.5, 0.6) is 5.75 Å². The highest BCUT2D eigenvalue weighted by Crippen LogP contribution is 2.50. The lowest BCUT2D eigenvalue weighted by molar-refractivity contribution is -0.147. The van der Waals surface area contributed by atoms with Crippen molar-refractivity contribution in [3.05, 3.63) is 82.6 Å². The van der Waals surface area contributed by atoms with E-state index in [1.54, 1.807) is 24.3 Å². The Morgan fingerprint density at radius 1 is 0.905 bits per heavy atom. The summed E-state index contributed by atoms with van der Waals surface area (Å²) >= 11 is 6.18. The van der Waals surface area contributed by atoms with Gasteiger partial charge in [0.25, 0.3) is 0 Å². The number of rotatable bonds is 8. The molecule has 0 saturated heterocycles. The second kappa shape index (κ2) is 10.7. The van der Waals surface area contributed by atoms with Crippen molar-refractivity contribution in [2.45, 2.75) is 56.2 Å². The zero-order valence-electron chi connectivity index (χ0n) is 22.5. The van der Waals surface area contributed by atoms with Crippen LogP contribution in [0.4, 0.5) is 30.2 Å². The summed E-state index contributed by atoms with van der Waals surface area (Å²) in [5, 5.41) is 19.2. The number of benzene rings is 3. The number of ether oxygens (including phenoxy) is 1. The van der Waals surface area contributed by atoms with E-state index < -0.39 is 46.5 Å². The normalized spacial score (nSPS) is 19.1. The SMILES string of the molecule is O=C(Nc1ccc(OC2(C(=O)O)CC2)cc1F)C(C1CCCCC1)C1(c2ccc(Cl)cc2)Nc2cc(F)c(F)cc2N1. The van der Waals surface area contributed by atoms with Crippen LogP contribution in [0, 0.1) is 29.3 Å². The van der Waals surface area contributed by atoms with Gasteiger partial charge in [0.2, 0.25) is 11.5 Å². The highest BCUT2D eigenvalue weighted by Gasteiger charge is 2.54. The number of carboxylic acids is 1. The zero-order chi connectivity index (χ0) is 29.6. The topological polar surface area (TPSA) is 99.7 Å². The van der Waals surface area contributed by atoms with Crippen molar-refractivity contribution in [3.63, 3.8) is 0 Å². The largest absolute Gasteiger partial charge is 0.478 e. The maximum Gasteiger partial charge on any atom is 0.348 e. The molecule has 3 aliphatic rings. The Morgan fingerprint density at radius 3 is 2.07 bits per heavy atom. The fourth-order valence-electron chi connectivity index (χ4n) is 6.20. The summed E-state index contributed by atoms with van der Waals surface area (Å²) in [4.78, 5) is 25.7. The Kier molecular flexibility index (Phi) is 7.21. The highest BCUT2D eigenvalue weighted by molar-refractivity contribution is 6.30. The Labute approximate surface area is 245 Å². The van der Waals surface area contributed by atoms with Crippen molar-refractivity contribution in [3.8, 4) is 5.75 Å². The van der Waals surface area contributed by atoms with E-state index >= 15 is 4.39 Å². The van der Waals surface area contributed by atoms with Gasteiger partial charge in [-0.05, 0) is 48.6 Å². The number of aliphatic carboxylic acids is 1. The van der Waals surface area contributed by atoms with Gasteiger partial charge in [0.15, 0.2) is 11.6 Å². The van der Waals surface area contributed by atoms with E-state index in [1.165, 1.54) is 12.1 Å². The molecule has 6 rings (SSSR count). The van der Waals surface area contributed by atoms with Crippen molar-refractivity contribution < 1.29 is 32.6 Å². The lowest BCUT2D eigenvalue weighted by Crippen LogP contribution is -2.54. The monoisotopic (exact) mass is 599 g/mol. The lowest BCUT2D eigenvalue weighted by atomic mass is 9.71. The van der Waals surface area contributed by atoms with Gasteiger partial charge in [-0.1, -0.05) is 43.0 Å². The number of halogens is 4. The van der Waals surface area contributed by atoms with Crippen LogP contribution in [0.15, 0.2) is 54.6 Å². The van der Waals surface area contributed by atoms with Gasteiger partial charge in [0.05, 0.1) is 23.0 Å². The average molecular weight is 600 g/mol. The zero-order valence-corrected chi connectivity index (χ0v) is 23.2. The van der Waals surface area contributed by atoms with Crippen molar-refractivity contribution >= 4 is 40.5 Å². The van der Waals surface area contributed by atoms with E-state index in [-0.39, 0.29) is 28.7 Å². The second-order valence-corrected chi connectivity index (χ2v) is 11.7. The molecule has 1 heterocycles. The molecule has 1 atom stereocenters. The molecule has 2 fully saturated rings. The number of carbonyl (C=O) groups excluding carboxylic acids is 1. The Balaban J connectivity index is 1.37. The molecule has 1 unspecified atom stereocenters. The first-order chi connectivity index (χ1) is 20.1. The Bertz CT molecular complexity index is 1510. The van der Waals surface area contributed by atoms with Crippen molar-refractivity contribution in [1.29, 1.82) is 0 Å². The molecule has 4 N–H and O–H groups in total. The molecule has 3 aromatic carbocycles. The lowest BCUT2D eigenvalue weighted by Gasteiger charge is -2.43. The standard InChI is InChI=1S/C31H29ClF3N3O4/c32-19-8-6-18(7-9-19)31(37-25-15-21(33)22(34)16-26(25)38-31)27(17-4-2-1-3-5-17)28(39)36-24-11-10-20(14-23(24)35)42-30(12-13-30)29(40)41/h6-11,14-17,27,37-38H,1-5,12-13H2,(H,36,39)(H,40,41). The summed E-state index contributed by atoms with van der Waals surface area (Å²) in [7, 11) is 0. The summed E-state index contributed by atoms with van der Waals surface area (Å²) in [6, 6.07) is 12.7. The quantitative estimate of drug-likeness (QED) is 0.217. The maximum atomic E-state index is 15.3. The molecule has 2 saturated carbocycles. The molecule has 0 aromatic heterocycles. The van der Waals surface area contributed by atoms with Crippen LogP contribution in [0.2, 0.25) is 5.02 Å². The molecule has 7 nitrogen and oxygen atoms in total. The number of hydrogen-bond donors (Lipinski definition) is 4. The van der Waals surface area contributed by atoms with Gasteiger partial charge in [0, 0.05) is 36.1 Å². The third-order valence-corrected chi connectivity index (χ3v) is 8.75. The summed E-state index contributed by atoms with van der Waals surface area (Å²) in [5.41, 5.74) is -1.59. The predicted molar refractivity (Wildman–Crippen MR) is 152 cm³/mol. The molecular formula is C31H29ClF3N3O4. The van der Waals surface area contributed by atoms with Crippen LogP contribution < -0.4 is 20.7 Å². The molecule has 11 heteroatoms. The number of anilines is 3. The molecule has 220 valence electrons. The minimum absolute atomic E-state index is 0.0468. The molecule has 0 radical (unpaired) electrons. The third kappa shape index (κ3) is 5.12. The molecule has 1 aliphatic heterocycles. The first-order valence-corrected chi connectivity index (χ1v) is 14.3. The number of nitrogens with one attached hydrogen (secondary N) is 3. The van der Waals surface area contributed by atoms with E-state index in [4.69, 9.17) is 16.3 Å². The van der Waals surface area contributed by atoms with E-state index in [9.17, 15) is 23.5 Å². The molecule has 0 spiro atoms. The smallest absolute Gasteiger partial charge is 0.348 e. The van der Waals surface area contributed by atoms with Gasteiger partial charge in [-0.3, -0.25) is 4.79 Å². The molecule has 2 aliphatic carbocycles. The summed E-state index contributed by atoms with van der Waals surface area (Å²) < 4.78 is 49.4. The summed E-state index contributed by atoms with van der Waals surface area (Å²) in [6.07, 6.45) is 4.91. The van der Waals surface area contributed by atoms with Gasteiger partial charge in [-0.15, -0.1) is 0 Å². The third-order valence-electron chi connectivity index (χ3n) is 8.50. The Hall–Kier alpha value is -3.92. The molecular weight excluding hydrogens is 571 g/mol. The first-order valence-electron chi connectivity index (χ1n) is 13.9.